The van der Waals surface area contributed by atoms with Gasteiger partial charge in [0.2, 0.25) is 5.95 Å². The molecule has 0 amide bonds. The van der Waals surface area contributed by atoms with Crippen LogP contribution in [0.15, 0.2) is 40.7 Å². The summed E-state index contributed by atoms with van der Waals surface area (Å²) in [6.45, 7) is 9.32. The summed E-state index contributed by atoms with van der Waals surface area (Å²) in [5.41, 5.74) is 5.55. The van der Waals surface area contributed by atoms with Crippen LogP contribution in [0.3, 0.4) is 0 Å². The van der Waals surface area contributed by atoms with Crippen molar-refractivity contribution in [3.05, 3.63) is 41.2 Å². The number of piperidine rings is 1. The topological polar surface area (TPSA) is 57.8 Å². The third-order valence-corrected chi connectivity index (χ3v) is 5.16. The van der Waals surface area contributed by atoms with Gasteiger partial charge in [0.05, 0.1) is 23.5 Å². The zero-order valence-corrected chi connectivity index (χ0v) is 18.5. The molecule has 3 heterocycles. The van der Waals surface area contributed by atoms with Crippen LogP contribution in [0.25, 0.3) is 5.52 Å². The molecule has 1 aliphatic rings. The smallest absolute Gasteiger partial charge is 0.241 e. The molecule has 6 nitrogen and oxygen atoms in total. The number of aliphatic imine (C=N–C) groups is 1. The van der Waals surface area contributed by atoms with Crippen LogP contribution in [-0.4, -0.2) is 65.4 Å². The molecular weight excluding hydrogens is 378 g/mol. The predicted octanol–water partition coefficient (Wildman–Crippen LogP) is 2.85. The standard InChI is InChI=1S/C22H30BFN6/c1-14(2)18(26-15(3)4)8-6-7-16-11-21(23)30-20(16)12-25-22(28-30)27-19-9-10-29(5)13-17(19)24/h6,8,11-12,17,19H,7,9-10,13H2,1-5H3,(H,27,28)/b8-6-. The number of halogens is 1. The lowest BCUT2D eigenvalue weighted by Gasteiger charge is -2.32. The number of rotatable bonds is 6. The first-order chi connectivity index (χ1) is 14.2. The lowest BCUT2D eigenvalue weighted by Crippen LogP contribution is -2.46. The molecular formula is C22H30BFN6. The Morgan fingerprint density at radius 3 is 2.80 bits per heavy atom. The molecule has 158 valence electrons. The molecule has 0 bridgehead atoms. The van der Waals surface area contributed by atoms with E-state index in [1.807, 2.05) is 51.8 Å². The molecule has 2 radical (unpaired) electrons. The number of hydrogen-bond donors (Lipinski definition) is 1. The highest BCUT2D eigenvalue weighted by Crippen LogP contribution is 2.18. The van der Waals surface area contributed by atoms with Gasteiger partial charge in [-0.3, -0.25) is 4.99 Å². The van der Waals surface area contributed by atoms with E-state index in [0.717, 1.165) is 34.6 Å². The Balaban J connectivity index is 1.76. The summed E-state index contributed by atoms with van der Waals surface area (Å²) >= 11 is 0. The van der Waals surface area contributed by atoms with Crippen molar-refractivity contribution in [3.63, 3.8) is 0 Å². The Labute approximate surface area is 179 Å². The molecule has 8 heteroatoms. The second-order valence-electron chi connectivity index (χ2n) is 8.34. The van der Waals surface area contributed by atoms with Crippen LogP contribution in [-0.2, 0) is 6.42 Å². The van der Waals surface area contributed by atoms with E-state index in [1.54, 1.807) is 10.7 Å². The summed E-state index contributed by atoms with van der Waals surface area (Å²) in [6.07, 6.45) is 6.29. The fraction of sp³-hybridized carbons (Fsp3) is 0.500. The number of hydrogen-bond acceptors (Lipinski definition) is 5. The van der Waals surface area contributed by atoms with Gasteiger partial charge in [-0.1, -0.05) is 11.6 Å². The molecule has 3 rings (SSSR count). The molecule has 2 atom stereocenters. The quantitative estimate of drug-likeness (QED) is 0.454. The first-order valence-electron chi connectivity index (χ1n) is 10.3. The molecule has 1 N–H and O–H groups in total. The lowest BCUT2D eigenvalue weighted by molar-refractivity contribution is 0.149. The largest absolute Gasteiger partial charge is 0.347 e. The summed E-state index contributed by atoms with van der Waals surface area (Å²) in [7, 11) is 8.11. The Morgan fingerprint density at radius 1 is 1.37 bits per heavy atom. The van der Waals surface area contributed by atoms with E-state index < -0.39 is 6.17 Å². The van der Waals surface area contributed by atoms with Crippen LogP contribution < -0.4 is 10.9 Å². The molecule has 0 aromatic carbocycles. The van der Waals surface area contributed by atoms with Crippen LogP contribution in [0.1, 0.15) is 39.7 Å². The van der Waals surface area contributed by atoms with Crippen LogP contribution in [0.5, 0.6) is 0 Å². The monoisotopic (exact) mass is 408 g/mol. The number of fused-ring (bicyclic) bond motifs is 1. The summed E-state index contributed by atoms with van der Waals surface area (Å²) in [5.74, 6) is 0.392. The molecule has 30 heavy (non-hydrogen) atoms. The first-order valence-corrected chi connectivity index (χ1v) is 10.3. The summed E-state index contributed by atoms with van der Waals surface area (Å²) < 4.78 is 16.0. The number of nitrogens with one attached hydrogen (secondary N) is 1. The average Bonchev–Trinajstić information content (AvgIpc) is 2.98. The minimum absolute atomic E-state index is 0.289. The fourth-order valence-electron chi connectivity index (χ4n) is 3.55. The molecule has 2 aromatic heterocycles. The van der Waals surface area contributed by atoms with E-state index in [4.69, 9.17) is 7.85 Å². The van der Waals surface area contributed by atoms with E-state index in [0.29, 0.717) is 30.9 Å². The summed E-state index contributed by atoms with van der Waals surface area (Å²) in [6, 6.07) is 1.62. The summed E-state index contributed by atoms with van der Waals surface area (Å²) in [5, 5.41) is 7.62. The van der Waals surface area contributed by atoms with E-state index in [9.17, 15) is 4.39 Å². The van der Waals surface area contributed by atoms with Gasteiger partial charge in [-0.15, -0.1) is 5.10 Å². The second kappa shape index (κ2) is 9.56. The average molecular weight is 408 g/mol. The zero-order chi connectivity index (χ0) is 21.8. The number of allylic oxidation sites excluding steroid dienone is 3. The van der Waals surface area contributed by atoms with Gasteiger partial charge in [0.15, 0.2) is 0 Å². The van der Waals surface area contributed by atoms with Gasteiger partial charge < -0.3 is 10.2 Å². The van der Waals surface area contributed by atoms with Crippen molar-refractivity contribution in [1.29, 1.82) is 0 Å². The number of alkyl halides is 1. The maximum Gasteiger partial charge on any atom is 0.241 e. The first kappa shape index (κ1) is 22.2. The van der Waals surface area contributed by atoms with Gasteiger partial charge in [-0.25, -0.2) is 13.9 Å². The van der Waals surface area contributed by atoms with Gasteiger partial charge >= 0.3 is 0 Å². The van der Waals surface area contributed by atoms with Gasteiger partial charge in [0.25, 0.3) is 0 Å². The van der Waals surface area contributed by atoms with Crippen LogP contribution in [0.2, 0.25) is 0 Å². The van der Waals surface area contributed by atoms with Gasteiger partial charge in [-0.05, 0) is 70.9 Å². The highest BCUT2D eigenvalue weighted by atomic mass is 19.1. The van der Waals surface area contributed by atoms with Gasteiger partial charge in [-0.2, -0.15) is 0 Å². The van der Waals surface area contributed by atoms with Crippen molar-refractivity contribution in [1.82, 2.24) is 19.5 Å². The predicted molar refractivity (Wildman–Crippen MR) is 123 cm³/mol. The van der Waals surface area contributed by atoms with Crippen molar-refractivity contribution in [2.45, 2.75) is 52.8 Å². The van der Waals surface area contributed by atoms with Crippen LogP contribution in [0, 0.1) is 0 Å². The van der Waals surface area contributed by atoms with Crippen molar-refractivity contribution in [2.24, 2.45) is 4.99 Å². The van der Waals surface area contributed by atoms with Crippen molar-refractivity contribution in [3.8, 4) is 0 Å². The highest BCUT2D eigenvalue weighted by molar-refractivity contribution is 6.31. The van der Waals surface area contributed by atoms with Crippen molar-refractivity contribution in [2.75, 3.05) is 25.5 Å². The van der Waals surface area contributed by atoms with Crippen LogP contribution >= 0.6 is 0 Å². The minimum atomic E-state index is -0.954. The summed E-state index contributed by atoms with van der Waals surface area (Å²) in [4.78, 5) is 11.0. The Morgan fingerprint density at radius 2 is 2.13 bits per heavy atom. The van der Waals surface area contributed by atoms with Crippen molar-refractivity contribution < 1.29 is 4.39 Å². The molecule has 0 saturated carbocycles. The van der Waals surface area contributed by atoms with Gasteiger partial charge in [0, 0.05) is 18.8 Å². The van der Waals surface area contributed by atoms with E-state index >= 15 is 0 Å². The SMILES string of the molecule is [B]c1cc(C/C=C\C(N=C(C)C)=C(C)C)c2cnc(NC3CCN(C)CC3F)nn12. The number of nitrogens with zero attached hydrogens (tertiary/aromatic N) is 5. The fourth-order valence-corrected chi connectivity index (χ4v) is 3.55. The van der Waals surface area contributed by atoms with E-state index in [2.05, 4.69) is 26.5 Å². The third-order valence-electron chi connectivity index (χ3n) is 5.16. The molecule has 1 saturated heterocycles. The number of aromatic nitrogens is 3. The maximum atomic E-state index is 14.3. The van der Waals surface area contributed by atoms with Gasteiger partial charge in [0.1, 0.15) is 14.0 Å². The van der Waals surface area contributed by atoms with Crippen molar-refractivity contribution >= 4 is 30.6 Å². The number of anilines is 1. The highest BCUT2D eigenvalue weighted by Gasteiger charge is 2.28. The molecule has 2 unspecified atom stereocenters. The normalized spacial score (nSPS) is 19.9. The van der Waals surface area contributed by atoms with E-state index in [1.165, 1.54) is 0 Å². The molecule has 0 aliphatic carbocycles. The third kappa shape index (κ3) is 5.36. The zero-order valence-electron chi connectivity index (χ0n) is 18.5. The van der Waals surface area contributed by atoms with Crippen LogP contribution in [0.4, 0.5) is 10.3 Å². The lowest BCUT2D eigenvalue weighted by atomic mass is 10.0. The number of likely N-dealkylation sites (tertiary alicyclic amines) is 1. The molecule has 2 aromatic rings. The second-order valence-corrected chi connectivity index (χ2v) is 8.34. The molecule has 1 fully saturated rings. The Hall–Kier alpha value is -2.48. The maximum absolute atomic E-state index is 14.3. The Kier molecular flexibility index (Phi) is 7.08. The molecule has 0 spiro atoms. The van der Waals surface area contributed by atoms with E-state index in [-0.39, 0.29) is 6.04 Å². The molecule has 1 aliphatic heterocycles. The minimum Gasteiger partial charge on any atom is -0.347 e. The Bertz CT molecular complexity index is 985.